The molecule has 0 saturated carbocycles. The van der Waals surface area contributed by atoms with Crippen molar-refractivity contribution >= 4 is 70.4 Å². The van der Waals surface area contributed by atoms with Gasteiger partial charge in [0.25, 0.3) is 0 Å². The lowest BCUT2D eigenvalue weighted by Crippen LogP contribution is -2.59. The summed E-state index contributed by atoms with van der Waals surface area (Å²) in [5.41, 5.74) is 8.65. The van der Waals surface area contributed by atoms with Crippen molar-refractivity contribution in [1.82, 2.24) is 41.3 Å². The number of nitrogens with zero attached hydrogens (tertiary/aromatic N) is 3. The zero-order valence-electron chi connectivity index (χ0n) is 55.1. The first-order valence-electron chi connectivity index (χ1n) is 31.2. The number of ether oxygens (including phenoxy) is 2. The number of carbonyl (C=O) groups excluding carboxylic acids is 9. The summed E-state index contributed by atoms with van der Waals surface area (Å²) in [7, 11) is 8.46. The molecule has 1 aliphatic rings. The predicted molar refractivity (Wildman–Crippen MR) is 346 cm³/mol. The van der Waals surface area contributed by atoms with E-state index >= 15 is 0 Å². The number of rotatable bonds is 35. The van der Waals surface area contributed by atoms with Crippen molar-refractivity contribution in [2.24, 2.45) is 35.3 Å². The average molecular weight is 1240 g/mol. The summed E-state index contributed by atoms with van der Waals surface area (Å²) in [4.78, 5) is 126. The van der Waals surface area contributed by atoms with E-state index < -0.39 is 90.1 Å². The van der Waals surface area contributed by atoms with Crippen molar-refractivity contribution in [2.75, 3.05) is 64.4 Å². The molecule has 0 spiro atoms. The Morgan fingerprint density at radius 3 is 1.75 bits per heavy atom. The maximum absolute atomic E-state index is 14.6. The SMILES string of the molecule is CC[C@H](C)[C@@H]([C@@H](CC(=O)N1CCC[C@H]1[C@H](OC)[C@@H](C)C(=O)N[C@@H](Cc1ccccc1)C(=O)Nc1ccc(NCc2ccc(NC(=O)[C@H](CCCNC(N)=O)NC(=O)[C@@H](NC(C)=O)C(C)C)cc2)cc1)OC)N(C)C(=O)C(NC(=O)[C@H](C(C)C)N(C)C)C(C)C. The monoisotopic (exact) mass is 1240 g/mol. The number of carbonyl (C=O) groups is 9. The molecule has 3 aromatic carbocycles. The van der Waals surface area contributed by atoms with E-state index in [0.717, 1.165) is 16.8 Å². The van der Waals surface area contributed by atoms with Gasteiger partial charge in [-0.1, -0.05) is 111 Å². The second-order valence-electron chi connectivity index (χ2n) is 24.7. The molecule has 1 aliphatic heterocycles. The van der Waals surface area contributed by atoms with E-state index in [4.69, 9.17) is 15.2 Å². The van der Waals surface area contributed by atoms with Crippen LogP contribution >= 0.6 is 0 Å². The van der Waals surface area contributed by atoms with Crippen LogP contribution < -0.4 is 48.3 Å². The van der Waals surface area contributed by atoms with Crippen LogP contribution in [-0.2, 0) is 60.8 Å². The highest BCUT2D eigenvalue weighted by Gasteiger charge is 2.44. The number of hydrogen-bond donors (Lipinski definition) is 9. The van der Waals surface area contributed by atoms with Gasteiger partial charge < -0.3 is 67.5 Å². The minimum atomic E-state index is -0.993. The van der Waals surface area contributed by atoms with Gasteiger partial charge in [0.1, 0.15) is 24.2 Å². The zero-order chi connectivity index (χ0) is 66.2. The summed E-state index contributed by atoms with van der Waals surface area (Å²) in [5, 5.41) is 23.1. The number of nitrogens with one attached hydrogen (secondary N) is 8. The van der Waals surface area contributed by atoms with E-state index in [2.05, 4.69) is 42.5 Å². The van der Waals surface area contributed by atoms with Crippen molar-refractivity contribution < 1.29 is 52.6 Å². The third-order valence-electron chi connectivity index (χ3n) is 16.6. The van der Waals surface area contributed by atoms with Crippen molar-refractivity contribution in [3.8, 4) is 0 Å². The number of likely N-dealkylation sites (tertiary alicyclic amines) is 1. The molecule has 0 bridgehead atoms. The van der Waals surface area contributed by atoms with E-state index in [1.807, 2.05) is 115 Å². The zero-order valence-corrected chi connectivity index (χ0v) is 55.1. The third kappa shape index (κ3) is 22.4. The average Bonchev–Trinajstić information content (AvgIpc) is 2.50. The molecule has 23 heteroatoms. The normalized spacial score (nSPS) is 16.6. The van der Waals surface area contributed by atoms with Gasteiger partial charge in [-0.25, -0.2) is 4.79 Å². The van der Waals surface area contributed by atoms with Gasteiger partial charge in [-0.3, -0.25) is 43.3 Å². The first-order chi connectivity index (χ1) is 42.1. The third-order valence-corrected chi connectivity index (χ3v) is 16.6. The van der Waals surface area contributed by atoms with E-state index in [9.17, 15) is 43.2 Å². The first-order valence-corrected chi connectivity index (χ1v) is 31.2. The molecule has 4 rings (SSSR count). The maximum atomic E-state index is 14.6. The maximum Gasteiger partial charge on any atom is 0.312 e. The van der Waals surface area contributed by atoms with Gasteiger partial charge in [-0.15, -0.1) is 0 Å². The molecule has 10 N–H and O–H groups in total. The van der Waals surface area contributed by atoms with Crippen LogP contribution in [0.15, 0.2) is 78.9 Å². The molecule has 0 radical (unpaired) electrons. The number of likely N-dealkylation sites (N-methyl/N-ethyl adjacent to an activating group) is 2. The van der Waals surface area contributed by atoms with E-state index in [1.165, 1.54) is 14.0 Å². The van der Waals surface area contributed by atoms with Crippen LogP contribution in [0, 0.1) is 29.6 Å². The Hall–Kier alpha value is -7.63. The fourth-order valence-electron chi connectivity index (χ4n) is 11.6. The summed E-state index contributed by atoms with van der Waals surface area (Å²) in [6, 6.07) is 17.9. The molecule has 0 aromatic heterocycles. The number of hydrogen-bond acceptors (Lipinski definition) is 13. The van der Waals surface area contributed by atoms with Crippen LogP contribution in [0.1, 0.15) is 119 Å². The number of nitrogens with two attached hydrogens (primary N) is 1. The summed E-state index contributed by atoms with van der Waals surface area (Å²) < 4.78 is 12.2. The van der Waals surface area contributed by atoms with Crippen LogP contribution in [0.25, 0.3) is 0 Å². The topological polar surface area (TPSA) is 304 Å². The van der Waals surface area contributed by atoms with E-state index in [-0.39, 0.29) is 73.1 Å². The Labute approximate surface area is 527 Å². The standard InChI is InChI=1S/C66H102N12O11/c1-16-42(8)58(77(13)65(86)56(40(4)5)75-64(85)57(41(6)7)76(11)12)53(88-14)37-54(80)78-35-21-25-52(78)59(89-15)43(9)60(81)74-51(36-45-22-18-17-19-23-45)62(83)72-49-32-30-47(31-33-49)69-38-46-26-28-48(29-27-46)71-61(82)50(24-20-34-68-66(67)87)73-63(84)55(39(2)3)70-44(10)79/h17-19,22-23,26-33,39-43,50-53,55-59,69H,16,20-21,24-25,34-38H2,1-15H3,(H,70,79)(H,71,82)(H,72,83)(H,73,84)(H,74,81)(H,75,85)(H3,67,68,87)/t42-,43+,50-,51-,52-,53+,55-,56?,57-,58-,59+/m0/s1. The summed E-state index contributed by atoms with van der Waals surface area (Å²) in [5.74, 6) is -4.29. The molecule has 1 fully saturated rings. The molecule has 1 saturated heterocycles. The van der Waals surface area contributed by atoms with E-state index in [0.29, 0.717) is 50.1 Å². The fourth-order valence-corrected chi connectivity index (χ4v) is 11.6. The van der Waals surface area contributed by atoms with E-state index in [1.54, 1.807) is 69.0 Å². The van der Waals surface area contributed by atoms with Crippen molar-refractivity contribution in [3.05, 3.63) is 90.0 Å². The van der Waals surface area contributed by atoms with Crippen LogP contribution in [0.4, 0.5) is 21.9 Å². The molecule has 0 aliphatic carbocycles. The second-order valence-corrected chi connectivity index (χ2v) is 24.7. The summed E-state index contributed by atoms with van der Waals surface area (Å²) >= 11 is 0. The van der Waals surface area contributed by atoms with Crippen molar-refractivity contribution in [3.63, 3.8) is 0 Å². The minimum absolute atomic E-state index is 0.00572. The van der Waals surface area contributed by atoms with Crippen LogP contribution in [0.3, 0.4) is 0 Å². The Morgan fingerprint density at radius 1 is 0.652 bits per heavy atom. The predicted octanol–water partition coefficient (Wildman–Crippen LogP) is 5.64. The minimum Gasteiger partial charge on any atom is -0.381 e. The lowest BCUT2D eigenvalue weighted by molar-refractivity contribution is -0.148. The van der Waals surface area contributed by atoms with Gasteiger partial charge >= 0.3 is 6.03 Å². The fraction of sp³-hybridized carbons (Fsp3) is 0.591. The molecular formula is C66H102N12O11. The highest BCUT2D eigenvalue weighted by Crippen LogP contribution is 2.30. The molecule has 23 nitrogen and oxygen atoms in total. The summed E-state index contributed by atoms with van der Waals surface area (Å²) in [6.45, 7) is 19.4. The van der Waals surface area contributed by atoms with Gasteiger partial charge in [0.15, 0.2) is 0 Å². The molecule has 3 aromatic rings. The molecule has 10 amide bonds. The lowest BCUT2D eigenvalue weighted by Gasteiger charge is -2.41. The number of amides is 10. The van der Waals surface area contributed by atoms with Crippen LogP contribution in [0.5, 0.6) is 0 Å². The van der Waals surface area contributed by atoms with Gasteiger partial charge in [-0.05, 0) is 111 Å². The first kappa shape index (κ1) is 73.8. The summed E-state index contributed by atoms with van der Waals surface area (Å²) in [6.07, 6.45) is 1.17. The lowest BCUT2D eigenvalue weighted by atomic mass is 9.89. The highest BCUT2D eigenvalue weighted by molar-refractivity contribution is 5.99. The number of anilines is 3. The van der Waals surface area contributed by atoms with Gasteiger partial charge in [0, 0.05) is 71.3 Å². The highest BCUT2D eigenvalue weighted by atomic mass is 16.5. The largest absolute Gasteiger partial charge is 0.381 e. The molecule has 1 heterocycles. The number of primary amides is 1. The Kier molecular flexibility index (Phi) is 30.0. The van der Waals surface area contributed by atoms with Crippen LogP contribution in [-0.4, -0.2) is 171 Å². The van der Waals surface area contributed by atoms with Crippen LogP contribution in [0.2, 0.25) is 0 Å². The number of benzene rings is 3. The quantitative estimate of drug-likeness (QED) is 0.0323. The van der Waals surface area contributed by atoms with Gasteiger partial charge in [0.2, 0.25) is 47.3 Å². The molecule has 11 atom stereocenters. The number of urea groups is 1. The van der Waals surface area contributed by atoms with Gasteiger partial charge in [-0.2, -0.15) is 0 Å². The Bertz CT molecular complexity index is 2780. The number of methoxy groups -OCH3 is 2. The smallest absolute Gasteiger partial charge is 0.312 e. The van der Waals surface area contributed by atoms with Gasteiger partial charge in [0.05, 0.1) is 42.7 Å². The molecule has 89 heavy (non-hydrogen) atoms. The van der Waals surface area contributed by atoms with Crippen molar-refractivity contribution in [2.45, 2.75) is 175 Å². The molecule has 1 unspecified atom stereocenters. The van der Waals surface area contributed by atoms with Crippen molar-refractivity contribution in [1.29, 1.82) is 0 Å². The second kappa shape index (κ2) is 36.1. The molecule has 492 valence electrons. The Balaban J connectivity index is 1.42. The molecular weight excluding hydrogens is 1140 g/mol. The Morgan fingerprint density at radius 2 is 1.22 bits per heavy atom.